The normalized spacial score (nSPS) is 20.7. The van der Waals surface area contributed by atoms with Crippen LogP contribution in [-0.2, 0) is 6.18 Å². The number of carbonyl (C=O) groups is 1. The number of carbonyl (C=O) groups excluding carboxylic acids is 1. The number of hydrogen-bond acceptors (Lipinski definition) is 3. The van der Waals surface area contributed by atoms with E-state index in [1.807, 2.05) is 6.07 Å². The highest BCUT2D eigenvalue weighted by Gasteiger charge is 2.37. The summed E-state index contributed by atoms with van der Waals surface area (Å²) in [5.74, 6) is -0.517. The van der Waals surface area contributed by atoms with E-state index in [-0.39, 0.29) is 11.6 Å². The SMILES string of the molecule is Cc1ccccc1N1CCN([C@@H]2CCCN(C(=O)c3ccccc3C(F)(F)F)C2)CC1. The zero-order valence-electron chi connectivity index (χ0n) is 17.7. The van der Waals surface area contributed by atoms with Gasteiger partial charge in [0.15, 0.2) is 0 Å². The second-order valence-electron chi connectivity index (χ2n) is 8.40. The Bertz CT molecular complexity index is 922. The van der Waals surface area contributed by atoms with E-state index in [1.54, 1.807) is 4.90 Å². The predicted octanol–water partition coefficient (Wildman–Crippen LogP) is 4.44. The van der Waals surface area contributed by atoms with Gasteiger partial charge in [0, 0.05) is 51.0 Å². The summed E-state index contributed by atoms with van der Waals surface area (Å²) in [6, 6.07) is 13.6. The maximum absolute atomic E-state index is 13.4. The molecule has 0 radical (unpaired) electrons. The fourth-order valence-corrected chi connectivity index (χ4v) is 4.77. The van der Waals surface area contributed by atoms with E-state index >= 15 is 0 Å². The highest BCUT2D eigenvalue weighted by Crippen LogP contribution is 2.33. The van der Waals surface area contributed by atoms with Crippen LogP contribution >= 0.6 is 0 Å². The lowest BCUT2D eigenvalue weighted by atomic mass is 10.00. The number of likely N-dealkylation sites (tertiary alicyclic amines) is 1. The molecular weight excluding hydrogens is 403 g/mol. The number of rotatable bonds is 3. The van der Waals surface area contributed by atoms with Gasteiger partial charge in [-0.25, -0.2) is 0 Å². The molecule has 2 heterocycles. The number of benzene rings is 2. The van der Waals surface area contributed by atoms with Crippen LogP contribution in [0.25, 0.3) is 0 Å². The average molecular weight is 432 g/mol. The van der Waals surface area contributed by atoms with E-state index in [9.17, 15) is 18.0 Å². The van der Waals surface area contributed by atoms with Crippen molar-refractivity contribution in [3.63, 3.8) is 0 Å². The molecule has 166 valence electrons. The molecule has 0 spiro atoms. The number of alkyl halides is 3. The largest absolute Gasteiger partial charge is 0.417 e. The monoisotopic (exact) mass is 431 g/mol. The van der Waals surface area contributed by atoms with Gasteiger partial charge in [-0.1, -0.05) is 30.3 Å². The highest BCUT2D eigenvalue weighted by molar-refractivity contribution is 5.96. The van der Waals surface area contributed by atoms with Crippen LogP contribution in [-0.4, -0.2) is 61.0 Å². The molecule has 2 aliphatic heterocycles. The van der Waals surface area contributed by atoms with Crippen molar-refractivity contribution in [2.75, 3.05) is 44.2 Å². The Morgan fingerprint density at radius 3 is 2.32 bits per heavy atom. The van der Waals surface area contributed by atoms with Crippen LogP contribution in [0.2, 0.25) is 0 Å². The molecule has 4 rings (SSSR count). The molecule has 4 nitrogen and oxygen atoms in total. The summed E-state index contributed by atoms with van der Waals surface area (Å²) < 4.78 is 40.1. The standard InChI is InChI=1S/C24H28F3N3O/c1-18-7-2-5-11-22(18)29-15-13-28(14-16-29)19-8-6-12-30(17-19)23(31)20-9-3-4-10-21(20)24(25,26)27/h2-5,7,9-11,19H,6,8,12-17H2,1H3/t19-/m1/s1. The second kappa shape index (κ2) is 8.91. The van der Waals surface area contributed by atoms with E-state index in [4.69, 9.17) is 0 Å². The number of hydrogen-bond donors (Lipinski definition) is 0. The number of aryl methyl sites for hydroxylation is 1. The molecule has 0 N–H and O–H groups in total. The summed E-state index contributed by atoms with van der Waals surface area (Å²) in [6.45, 7) is 6.70. The molecule has 1 amide bonds. The first kappa shape index (κ1) is 21.7. The topological polar surface area (TPSA) is 26.8 Å². The van der Waals surface area contributed by atoms with Crippen molar-refractivity contribution in [2.24, 2.45) is 0 Å². The molecule has 31 heavy (non-hydrogen) atoms. The van der Waals surface area contributed by atoms with Crippen molar-refractivity contribution in [3.8, 4) is 0 Å². The van der Waals surface area contributed by atoms with Crippen LogP contribution in [0.5, 0.6) is 0 Å². The molecule has 0 unspecified atom stereocenters. The Hall–Kier alpha value is -2.54. The Balaban J connectivity index is 1.41. The van der Waals surface area contributed by atoms with Crippen molar-refractivity contribution in [1.29, 1.82) is 0 Å². The maximum Gasteiger partial charge on any atom is 0.417 e. The molecule has 2 fully saturated rings. The first-order valence-corrected chi connectivity index (χ1v) is 10.8. The van der Waals surface area contributed by atoms with Gasteiger partial charge >= 0.3 is 6.18 Å². The smallest absolute Gasteiger partial charge is 0.369 e. The number of anilines is 1. The molecule has 2 aliphatic rings. The minimum absolute atomic E-state index is 0.190. The van der Waals surface area contributed by atoms with Gasteiger partial charge < -0.3 is 9.80 Å². The number of piperidine rings is 1. The summed E-state index contributed by atoms with van der Waals surface area (Å²) in [5, 5.41) is 0. The summed E-state index contributed by atoms with van der Waals surface area (Å²) >= 11 is 0. The van der Waals surface area contributed by atoms with Crippen LogP contribution in [0, 0.1) is 6.92 Å². The van der Waals surface area contributed by atoms with E-state index in [1.165, 1.54) is 29.4 Å². The molecule has 2 aromatic carbocycles. The lowest BCUT2D eigenvalue weighted by molar-refractivity contribution is -0.138. The third-order valence-electron chi connectivity index (χ3n) is 6.43. The van der Waals surface area contributed by atoms with Crippen LogP contribution in [0.1, 0.15) is 34.3 Å². The van der Waals surface area contributed by atoms with Crippen LogP contribution in [0.4, 0.5) is 18.9 Å². The van der Waals surface area contributed by atoms with Crippen molar-refractivity contribution in [1.82, 2.24) is 9.80 Å². The van der Waals surface area contributed by atoms with E-state index in [0.717, 1.165) is 45.1 Å². The van der Waals surface area contributed by atoms with Gasteiger partial charge in [-0.2, -0.15) is 13.2 Å². The van der Waals surface area contributed by atoms with E-state index in [0.29, 0.717) is 13.1 Å². The van der Waals surface area contributed by atoms with Crippen molar-refractivity contribution < 1.29 is 18.0 Å². The average Bonchev–Trinajstić information content (AvgIpc) is 2.78. The van der Waals surface area contributed by atoms with Gasteiger partial charge in [0.25, 0.3) is 5.91 Å². The molecular formula is C24H28F3N3O. The van der Waals surface area contributed by atoms with Gasteiger partial charge in [0.2, 0.25) is 0 Å². The number of amides is 1. The fourth-order valence-electron chi connectivity index (χ4n) is 4.77. The van der Waals surface area contributed by atoms with Crippen LogP contribution < -0.4 is 4.90 Å². The van der Waals surface area contributed by atoms with Crippen LogP contribution in [0.15, 0.2) is 48.5 Å². The van der Waals surface area contributed by atoms with Crippen molar-refractivity contribution >= 4 is 11.6 Å². The fraction of sp³-hybridized carbons (Fsp3) is 0.458. The van der Waals surface area contributed by atoms with Gasteiger partial charge in [0.05, 0.1) is 11.1 Å². The summed E-state index contributed by atoms with van der Waals surface area (Å²) in [7, 11) is 0. The molecule has 0 aromatic heterocycles. The number of piperazine rings is 1. The molecule has 1 atom stereocenters. The third kappa shape index (κ3) is 4.71. The second-order valence-corrected chi connectivity index (χ2v) is 8.40. The number of nitrogens with zero attached hydrogens (tertiary/aromatic N) is 3. The highest BCUT2D eigenvalue weighted by atomic mass is 19.4. The Labute approximate surface area is 181 Å². The van der Waals surface area contributed by atoms with Crippen LogP contribution in [0.3, 0.4) is 0 Å². The minimum Gasteiger partial charge on any atom is -0.369 e. The molecule has 0 saturated carbocycles. The van der Waals surface area contributed by atoms with E-state index < -0.39 is 17.6 Å². The summed E-state index contributed by atoms with van der Waals surface area (Å²) in [5.41, 5.74) is 1.41. The quantitative estimate of drug-likeness (QED) is 0.719. The van der Waals surface area contributed by atoms with Crippen molar-refractivity contribution in [3.05, 3.63) is 65.2 Å². The minimum atomic E-state index is -4.53. The molecule has 0 aliphatic carbocycles. The number of halogens is 3. The molecule has 7 heteroatoms. The van der Waals surface area contributed by atoms with Gasteiger partial charge in [-0.05, 0) is 43.5 Å². The first-order valence-electron chi connectivity index (χ1n) is 10.8. The Morgan fingerprint density at radius 2 is 1.61 bits per heavy atom. The van der Waals surface area contributed by atoms with Gasteiger partial charge in [-0.15, -0.1) is 0 Å². The molecule has 2 saturated heterocycles. The lowest BCUT2D eigenvalue weighted by Gasteiger charge is -2.44. The Kier molecular flexibility index (Phi) is 6.23. The molecule has 2 aromatic rings. The predicted molar refractivity (Wildman–Crippen MR) is 115 cm³/mol. The van der Waals surface area contributed by atoms with Gasteiger partial charge in [0.1, 0.15) is 0 Å². The number of para-hydroxylation sites is 1. The zero-order valence-corrected chi connectivity index (χ0v) is 17.7. The Morgan fingerprint density at radius 1 is 0.935 bits per heavy atom. The van der Waals surface area contributed by atoms with E-state index in [2.05, 4.69) is 34.9 Å². The van der Waals surface area contributed by atoms with Crippen molar-refractivity contribution in [2.45, 2.75) is 32.0 Å². The molecule has 0 bridgehead atoms. The summed E-state index contributed by atoms with van der Waals surface area (Å²) in [4.78, 5) is 19.4. The first-order chi connectivity index (χ1) is 14.8. The zero-order chi connectivity index (χ0) is 22.0. The van der Waals surface area contributed by atoms with Gasteiger partial charge in [-0.3, -0.25) is 9.69 Å². The lowest BCUT2D eigenvalue weighted by Crippen LogP contribution is -2.56. The maximum atomic E-state index is 13.4. The summed E-state index contributed by atoms with van der Waals surface area (Å²) in [6.07, 6.45) is -2.76. The third-order valence-corrected chi connectivity index (χ3v) is 6.43.